The van der Waals surface area contributed by atoms with E-state index >= 15 is 0 Å². The molecule has 2 aromatic carbocycles. The maximum Gasteiger partial charge on any atom is 0.335 e. The first-order chi connectivity index (χ1) is 16.5. The van der Waals surface area contributed by atoms with Gasteiger partial charge in [0.1, 0.15) is 6.61 Å². The maximum absolute atomic E-state index is 12.8. The van der Waals surface area contributed by atoms with Gasteiger partial charge >= 0.3 is 5.97 Å². The van der Waals surface area contributed by atoms with E-state index in [1.54, 1.807) is 30.3 Å². The molecule has 174 valence electrons. The minimum absolute atomic E-state index is 0.146. The molecule has 5 rings (SSSR count). The predicted molar refractivity (Wildman–Crippen MR) is 123 cm³/mol. The van der Waals surface area contributed by atoms with Crippen LogP contribution in [0.15, 0.2) is 59.7 Å². The number of carboxylic acid groups (broad SMARTS) is 1. The smallest absolute Gasteiger partial charge is 0.335 e. The number of rotatable bonds is 8. The molecule has 2 fully saturated rings. The highest BCUT2D eigenvalue weighted by atomic mass is 16.5. The van der Waals surface area contributed by atoms with Crippen molar-refractivity contribution in [3.05, 3.63) is 71.3 Å². The Labute approximate surface area is 196 Å². The Kier molecular flexibility index (Phi) is 5.65. The Morgan fingerprint density at radius 1 is 1.03 bits per heavy atom. The molecule has 2 aliphatic carbocycles. The lowest BCUT2D eigenvalue weighted by atomic mass is 9.85. The fourth-order valence-electron chi connectivity index (χ4n) is 5.02. The van der Waals surface area contributed by atoms with E-state index in [0.29, 0.717) is 23.7 Å². The van der Waals surface area contributed by atoms with Crippen molar-refractivity contribution < 1.29 is 29.0 Å². The topological polar surface area (TPSA) is 106 Å². The van der Waals surface area contributed by atoms with Gasteiger partial charge in [-0.05, 0) is 66.6 Å². The molecule has 2 bridgehead atoms. The molecule has 2 amide bonds. The number of hydrazone groups is 1. The largest absolute Gasteiger partial charge is 0.490 e. The molecule has 8 nitrogen and oxygen atoms in total. The highest BCUT2D eigenvalue weighted by molar-refractivity contribution is 6.06. The van der Waals surface area contributed by atoms with Crippen LogP contribution in [0.1, 0.15) is 34.8 Å². The van der Waals surface area contributed by atoms with Crippen molar-refractivity contribution in [1.29, 1.82) is 0 Å². The highest BCUT2D eigenvalue weighted by Crippen LogP contribution is 2.52. The van der Waals surface area contributed by atoms with Gasteiger partial charge in [-0.15, -0.1) is 0 Å². The molecule has 34 heavy (non-hydrogen) atoms. The lowest BCUT2D eigenvalue weighted by Crippen LogP contribution is -2.28. The average molecular weight is 460 g/mol. The Bertz CT molecular complexity index is 1170. The van der Waals surface area contributed by atoms with E-state index < -0.39 is 5.97 Å². The third-order valence-electron chi connectivity index (χ3n) is 6.63. The van der Waals surface area contributed by atoms with Crippen LogP contribution in [0.5, 0.6) is 11.5 Å². The zero-order chi connectivity index (χ0) is 23.8. The fourth-order valence-corrected chi connectivity index (χ4v) is 5.02. The van der Waals surface area contributed by atoms with E-state index in [1.165, 1.54) is 18.3 Å². The second kappa shape index (κ2) is 8.78. The van der Waals surface area contributed by atoms with Crippen LogP contribution in [-0.4, -0.2) is 40.7 Å². The molecular weight excluding hydrogens is 436 g/mol. The summed E-state index contributed by atoms with van der Waals surface area (Å²) in [5.41, 5.74) is 1.70. The lowest BCUT2D eigenvalue weighted by Gasteiger charge is -2.13. The number of amides is 2. The first kappa shape index (κ1) is 21.9. The molecule has 2 aromatic rings. The summed E-state index contributed by atoms with van der Waals surface area (Å²) >= 11 is 0. The molecule has 1 aliphatic heterocycles. The standard InChI is InChI=1S/C26H24N2O6/c1-2-33-21-11-16(5-10-20(21)34-14-15-3-6-17(7-4-15)26(31)32)13-27-28-24(29)22-18-8-9-19(12-18)23(22)25(28)30/h3-11,13,18-19,22-23H,2,12,14H2,1H3,(H,31,32). The number of carboxylic acids is 1. The summed E-state index contributed by atoms with van der Waals surface area (Å²) in [6, 6.07) is 11.7. The Morgan fingerprint density at radius 2 is 1.71 bits per heavy atom. The summed E-state index contributed by atoms with van der Waals surface area (Å²) in [7, 11) is 0. The summed E-state index contributed by atoms with van der Waals surface area (Å²) in [6.07, 6.45) is 6.48. The maximum atomic E-state index is 12.8. The van der Waals surface area contributed by atoms with Gasteiger partial charge in [0.2, 0.25) is 0 Å². The SMILES string of the molecule is CCOc1cc(C=NN2C(=O)C3C4C=CC(C4)C3C2=O)ccc1OCc1ccc(C(=O)O)cc1. The number of hydrogen-bond acceptors (Lipinski definition) is 6. The van der Waals surface area contributed by atoms with E-state index in [9.17, 15) is 14.4 Å². The van der Waals surface area contributed by atoms with Gasteiger partial charge < -0.3 is 14.6 Å². The van der Waals surface area contributed by atoms with Crippen molar-refractivity contribution in [2.24, 2.45) is 28.8 Å². The number of aromatic carboxylic acids is 1. The van der Waals surface area contributed by atoms with E-state index in [2.05, 4.69) is 17.3 Å². The van der Waals surface area contributed by atoms with Crippen LogP contribution < -0.4 is 9.47 Å². The molecule has 1 heterocycles. The number of ether oxygens (including phenoxy) is 2. The Balaban J connectivity index is 1.28. The van der Waals surface area contributed by atoms with Crippen LogP contribution in [0.25, 0.3) is 0 Å². The van der Waals surface area contributed by atoms with Crippen LogP contribution in [0, 0.1) is 23.7 Å². The van der Waals surface area contributed by atoms with E-state index in [4.69, 9.17) is 14.6 Å². The van der Waals surface area contributed by atoms with Crippen molar-refractivity contribution in [2.45, 2.75) is 20.0 Å². The molecule has 1 saturated heterocycles. The van der Waals surface area contributed by atoms with Gasteiger partial charge in [0.05, 0.1) is 30.2 Å². The normalized spacial score (nSPS) is 24.8. The van der Waals surface area contributed by atoms with Gasteiger partial charge in [0.15, 0.2) is 11.5 Å². The first-order valence-electron chi connectivity index (χ1n) is 11.3. The van der Waals surface area contributed by atoms with Crippen molar-refractivity contribution in [1.82, 2.24) is 5.01 Å². The van der Waals surface area contributed by atoms with Crippen molar-refractivity contribution in [3.63, 3.8) is 0 Å². The summed E-state index contributed by atoms with van der Waals surface area (Å²) in [5, 5.41) is 14.3. The Hall–Kier alpha value is -3.94. The van der Waals surface area contributed by atoms with Gasteiger partial charge in [-0.2, -0.15) is 10.1 Å². The second-order valence-electron chi connectivity index (χ2n) is 8.66. The molecule has 0 radical (unpaired) electrons. The van der Waals surface area contributed by atoms with Gasteiger partial charge in [-0.1, -0.05) is 24.3 Å². The van der Waals surface area contributed by atoms with E-state index in [1.807, 2.05) is 6.92 Å². The number of hydrogen-bond donors (Lipinski definition) is 1. The Morgan fingerprint density at radius 3 is 2.32 bits per heavy atom. The number of carbonyl (C=O) groups excluding carboxylic acids is 2. The fraction of sp³-hybridized carbons (Fsp3) is 0.308. The third kappa shape index (κ3) is 3.85. The second-order valence-corrected chi connectivity index (χ2v) is 8.66. The van der Waals surface area contributed by atoms with Crippen LogP contribution in [0.3, 0.4) is 0 Å². The van der Waals surface area contributed by atoms with Gasteiger partial charge in [-0.25, -0.2) is 4.79 Å². The monoisotopic (exact) mass is 460 g/mol. The summed E-state index contributed by atoms with van der Waals surface area (Å²) in [6.45, 7) is 2.52. The van der Waals surface area contributed by atoms with Crippen LogP contribution in [0.2, 0.25) is 0 Å². The quantitative estimate of drug-likeness (QED) is 0.367. The summed E-state index contributed by atoms with van der Waals surface area (Å²) < 4.78 is 11.6. The van der Waals surface area contributed by atoms with Crippen LogP contribution >= 0.6 is 0 Å². The summed E-state index contributed by atoms with van der Waals surface area (Å²) in [5.74, 6) is -0.658. The van der Waals surface area contributed by atoms with Crippen molar-refractivity contribution >= 4 is 24.0 Å². The lowest BCUT2D eigenvalue weighted by molar-refractivity contribution is -0.140. The molecule has 4 unspecified atom stereocenters. The van der Waals surface area contributed by atoms with Gasteiger partial charge in [-0.3, -0.25) is 9.59 Å². The highest BCUT2D eigenvalue weighted by Gasteiger charge is 2.59. The third-order valence-corrected chi connectivity index (χ3v) is 6.63. The van der Waals surface area contributed by atoms with E-state index in [-0.39, 0.29) is 47.7 Å². The van der Waals surface area contributed by atoms with Gasteiger partial charge in [0, 0.05) is 0 Å². The molecular formula is C26H24N2O6. The summed E-state index contributed by atoms with van der Waals surface area (Å²) in [4.78, 5) is 36.6. The number of benzene rings is 2. The molecule has 4 atom stereocenters. The minimum Gasteiger partial charge on any atom is -0.490 e. The number of nitrogens with zero attached hydrogens (tertiary/aromatic N) is 2. The van der Waals surface area contributed by atoms with Crippen LogP contribution in [0.4, 0.5) is 0 Å². The predicted octanol–water partition coefficient (Wildman–Crippen LogP) is 3.50. The van der Waals surface area contributed by atoms with E-state index in [0.717, 1.165) is 17.0 Å². The number of carbonyl (C=O) groups is 3. The number of allylic oxidation sites excluding steroid dienone is 2. The van der Waals surface area contributed by atoms with Crippen molar-refractivity contribution in [2.75, 3.05) is 6.61 Å². The zero-order valence-corrected chi connectivity index (χ0v) is 18.6. The minimum atomic E-state index is -0.979. The molecule has 1 N–H and O–H groups in total. The molecule has 8 heteroatoms. The first-order valence-corrected chi connectivity index (χ1v) is 11.3. The number of fused-ring (bicyclic) bond motifs is 5. The van der Waals surface area contributed by atoms with Crippen LogP contribution in [-0.2, 0) is 16.2 Å². The molecule has 0 aromatic heterocycles. The number of imide groups is 1. The van der Waals surface area contributed by atoms with Gasteiger partial charge in [0.25, 0.3) is 11.8 Å². The molecule has 1 saturated carbocycles. The van der Waals surface area contributed by atoms with Crippen molar-refractivity contribution in [3.8, 4) is 11.5 Å². The average Bonchev–Trinajstić information content (AvgIpc) is 3.52. The molecule has 0 spiro atoms. The zero-order valence-electron chi connectivity index (χ0n) is 18.6. The molecule has 3 aliphatic rings.